The molecular weight excluding hydrogens is 234 g/mol. The molecule has 3 unspecified atom stereocenters. The second kappa shape index (κ2) is 4.18. The zero-order valence-electron chi connectivity index (χ0n) is 10.1. The Morgan fingerprint density at radius 3 is 2.76 bits per heavy atom. The van der Waals surface area contributed by atoms with E-state index in [4.69, 9.17) is 11.6 Å². The first-order valence-corrected chi connectivity index (χ1v) is 6.77. The fourth-order valence-electron chi connectivity index (χ4n) is 3.27. The molecule has 0 aromatic heterocycles. The van der Waals surface area contributed by atoms with Gasteiger partial charge in [-0.25, -0.2) is 0 Å². The van der Waals surface area contributed by atoms with E-state index in [1.807, 2.05) is 12.1 Å². The number of hydrogen-bond donors (Lipinski definition) is 1. The number of fused-ring (bicyclic) bond motifs is 2. The molecular formula is C14H18ClNO. The topological polar surface area (TPSA) is 23.5 Å². The second-order valence-electron chi connectivity index (χ2n) is 5.37. The van der Waals surface area contributed by atoms with Crippen molar-refractivity contribution in [1.82, 2.24) is 0 Å². The fourth-order valence-corrected chi connectivity index (χ4v) is 3.61. The van der Waals surface area contributed by atoms with Gasteiger partial charge < -0.3 is 10.0 Å². The van der Waals surface area contributed by atoms with E-state index < -0.39 is 6.10 Å². The van der Waals surface area contributed by atoms with Gasteiger partial charge in [0, 0.05) is 23.3 Å². The predicted molar refractivity (Wildman–Crippen MR) is 70.6 cm³/mol. The van der Waals surface area contributed by atoms with Crippen molar-refractivity contribution in [2.75, 3.05) is 11.4 Å². The number of halogens is 1. The SMILES string of the molecule is CC(O)c1ccc(N2CC3CCC2C3)cc1Cl. The van der Waals surface area contributed by atoms with Gasteiger partial charge in [-0.3, -0.25) is 0 Å². The Hall–Kier alpha value is -0.730. The first-order chi connectivity index (χ1) is 8.15. The maximum absolute atomic E-state index is 9.57. The molecule has 2 fully saturated rings. The van der Waals surface area contributed by atoms with Crippen LogP contribution in [0.1, 0.15) is 37.9 Å². The molecule has 3 heteroatoms. The zero-order valence-corrected chi connectivity index (χ0v) is 10.8. The van der Waals surface area contributed by atoms with Crippen molar-refractivity contribution in [3.8, 4) is 0 Å². The van der Waals surface area contributed by atoms with Gasteiger partial charge in [0.25, 0.3) is 0 Å². The van der Waals surface area contributed by atoms with E-state index in [1.54, 1.807) is 6.92 Å². The van der Waals surface area contributed by atoms with Crippen molar-refractivity contribution in [2.24, 2.45) is 5.92 Å². The summed E-state index contributed by atoms with van der Waals surface area (Å²) < 4.78 is 0. The lowest BCUT2D eigenvalue weighted by molar-refractivity contribution is 0.199. The molecule has 2 aliphatic rings. The number of nitrogens with zero attached hydrogens (tertiary/aromatic N) is 1. The maximum Gasteiger partial charge on any atom is 0.0776 e. The summed E-state index contributed by atoms with van der Waals surface area (Å²) in [4.78, 5) is 2.48. The second-order valence-corrected chi connectivity index (χ2v) is 5.77. The normalized spacial score (nSPS) is 28.8. The third kappa shape index (κ3) is 1.94. The predicted octanol–water partition coefficient (Wildman–Crippen LogP) is 3.38. The average Bonchev–Trinajstić information content (AvgIpc) is 2.89. The Kier molecular flexibility index (Phi) is 2.80. The number of benzene rings is 1. The summed E-state index contributed by atoms with van der Waals surface area (Å²) in [6, 6.07) is 6.77. The molecule has 3 atom stereocenters. The number of rotatable bonds is 2. The summed E-state index contributed by atoms with van der Waals surface area (Å²) >= 11 is 6.22. The summed E-state index contributed by atoms with van der Waals surface area (Å²) in [5.41, 5.74) is 2.03. The molecule has 0 radical (unpaired) electrons. The van der Waals surface area contributed by atoms with Crippen LogP contribution in [0.3, 0.4) is 0 Å². The van der Waals surface area contributed by atoms with Gasteiger partial charge in [0.1, 0.15) is 0 Å². The van der Waals surface area contributed by atoms with E-state index in [2.05, 4.69) is 11.0 Å². The molecule has 1 aliphatic carbocycles. The van der Waals surface area contributed by atoms with E-state index in [0.29, 0.717) is 11.1 Å². The maximum atomic E-state index is 9.57. The van der Waals surface area contributed by atoms with Gasteiger partial charge in [0.15, 0.2) is 0 Å². The molecule has 3 rings (SSSR count). The van der Waals surface area contributed by atoms with E-state index in [0.717, 1.165) is 11.5 Å². The van der Waals surface area contributed by atoms with Crippen LogP contribution < -0.4 is 4.90 Å². The molecule has 1 N–H and O–H groups in total. The van der Waals surface area contributed by atoms with Gasteiger partial charge >= 0.3 is 0 Å². The minimum atomic E-state index is -0.494. The van der Waals surface area contributed by atoms with Gasteiger partial charge in [-0.15, -0.1) is 0 Å². The monoisotopic (exact) mass is 251 g/mol. The summed E-state index contributed by atoms with van der Waals surface area (Å²) in [5, 5.41) is 10.2. The van der Waals surface area contributed by atoms with Crippen LogP contribution in [0.2, 0.25) is 5.02 Å². The molecule has 1 saturated carbocycles. The highest BCUT2D eigenvalue weighted by Crippen LogP contribution is 2.41. The minimum Gasteiger partial charge on any atom is -0.389 e. The Bertz CT molecular complexity index is 432. The molecule has 0 amide bonds. The number of anilines is 1. The van der Waals surface area contributed by atoms with E-state index in [-0.39, 0.29) is 0 Å². The zero-order chi connectivity index (χ0) is 12.0. The lowest BCUT2D eigenvalue weighted by Crippen LogP contribution is -2.31. The van der Waals surface area contributed by atoms with Crippen LogP contribution in [-0.4, -0.2) is 17.7 Å². The van der Waals surface area contributed by atoms with Gasteiger partial charge in [0.05, 0.1) is 6.10 Å². The van der Waals surface area contributed by atoms with E-state index in [1.165, 1.54) is 31.5 Å². The number of aliphatic hydroxyl groups excluding tert-OH is 1. The quantitative estimate of drug-likeness (QED) is 0.871. The summed E-state index contributed by atoms with van der Waals surface area (Å²) in [5.74, 6) is 0.884. The molecule has 17 heavy (non-hydrogen) atoms. The van der Waals surface area contributed by atoms with E-state index in [9.17, 15) is 5.11 Å². The molecule has 1 heterocycles. The molecule has 2 nitrogen and oxygen atoms in total. The standard InChI is InChI=1S/C14H18ClNO/c1-9(17)13-5-4-12(7-14(13)15)16-8-10-2-3-11(16)6-10/h4-5,7,9-11,17H,2-3,6,8H2,1H3. The van der Waals surface area contributed by atoms with Crippen molar-refractivity contribution in [2.45, 2.75) is 38.3 Å². The Morgan fingerprint density at radius 1 is 1.41 bits per heavy atom. The lowest BCUT2D eigenvalue weighted by atomic mass is 10.1. The van der Waals surface area contributed by atoms with Crippen LogP contribution in [0.25, 0.3) is 0 Å². The van der Waals surface area contributed by atoms with Crippen LogP contribution >= 0.6 is 11.6 Å². The highest BCUT2D eigenvalue weighted by Gasteiger charge is 2.37. The summed E-state index contributed by atoms with van der Waals surface area (Å²) in [6.07, 6.45) is 3.56. The van der Waals surface area contributed by atoms with Crippen molar-refractivity contribution < 1.29 is 5.11 Å². The Labute approximate surface area is 107 Å². The molecule has 2 bridgehead atoms. The summed E-state index contributed by atoms with van der Waals surface area (Å²) in [6.45, 7) is 2.92. The number of piperidine rings is 1. The smallest absolute Gasteiger partial charge is 0.0776 e. The molecule has 1 saturated heterocycles. The van der Waals surface area contributed by atoms with Crippen LogP contribution in [0.4, 0.5) is 5.69 Å². The first kappa shape index (κ1) is 11.4. The van der Waals surface area contributed by atoms with Crippen molar-refractivity contribution in [3.63, 3.8) is 0 Å². The highest BCUT2D eigenvalue weighted by molar-refractivity contribution is 6.31. The number of hydrogen-bond acceptors (Lipinski definition) is 2. The van der Waals surface area contributed by atoms with Crippen LogP contribution in [0, 0.1) is 5.92 Å². The molecule has 1 aromatic carbocycles. The minimum absolute atomic E-state index is 0.494. The molecule has 1 aromatic rings. The lowest BCUT2D eigenvalue weighted by Gasteiger charge is -2.29. The van der Waals surface area contributed by atoms with Crippen molar-refractivity contribution in [1.29, 1.82) is 0 Å². The molecule has 0 spiro atoms. The van der Waals surface area contributed by atoms with Gasteiger partial charge in [-0.05, 0) is 49.8 Å². The van der Waals surface area contributed by atoms with Gasteiger partial charge in [0.2, 0.25) is 0 Å². The van der Waals surface area contributed by atoms with Gasteiger partial charge in [-0.2, -0.15) is 0 Å². The summed E-state index contributed by atoms with van der Waals surface area (Å²) in [7, 11) is 0. The average molecular weight is 252 g/mol. The van der Waals surface area contributed by atoms with Crippen LogP contribution in [0.15, 0.2) is 18.2 Å². The van der Waals surface area contributed by atoms with Crippen LogP contribution in [0.5, 0.6) is 0 Å². The number of aliphatic hydroxyl groups is 1. The third-order valence-electron chi connectivity index (χ3n) is 4.17. The van der Waals surface area contributed by atoms with E-state index >= 15 is 0 Å². The molecule has 1 aliphatic heterocycles. The van der Waals surface area contributed by atoms with Crippen LogP contribution in [-0.2, 0) is 0 Å². The Balaban J connectivity index is 1.87. The highest BCUT2D eigenvalue weighted by atomic mass is 35.5. The first-order valence-electron chi connectivity index (χ1n) is 6.39. The molecule has 92 valence electrons. The van der Waals surface area contributed by atoms with Gasteiger partial charge in [-0.1, -0.05) is 17.7 Å². The third-order valence-corrected chi connectivity index (χ3v) is 4.50. The fraction of sp³-hybridized carbons (Fsp3) is 0.571. The largest absolute Gasteiger partial charge is 0.389 e. The Morgan fingerprint density at radius 2 is 2.24 bits per heavy atom. The van der Waals surface area contributed by atoms with Crippen molar-refractivity contribution >= 4 is 17.3 Å². The van der Waals surface area contributed by atoms with Crippen molar-refractivity contribution in [3.05, 3.63) is 28.8 Å².